The molecule has 1 saturated heterocycles. The van der Waals surface area contributed by atoms with Crippen molar-refractivity contribution in [2.75, 3.05) is 31.6 Å². The van der Waals surface area contributed by atoms with Crippen LogP contribution in [0.4, 0.5) is 10.1 Å². The monoisotopic (exact) mass is 265 g/mol. The van der Waals surface area contributed by atoms with Crippen molar-refractivity contribution in [3.63, 3.8) is 0 Å². The van der Waals surface area contributed by atoms with E-state index in [0.29, 0.717) is 5.69 Å². The molecule has 0 aromatic heterocycles. The SMILES string of the molecule is CN(CC(=O)N1CCCC1)c1c(F)cccc1CN. The zero-order valence-corrected chi connectivity index (χ0v) is 11.2. The van der Waals surface area contributed by atoms with Crippen LogP contribution in [0, 0.1) is 5.82 Å². The molecule has 0 atom stereocenters. The van der Waals surface area contributed by atoms with Gasteiger partial charge in [-0.05, 0) is 24.5 Å². The van der Waals surface area contributed by atoms with Gasteiger partial charge >= 0.3 is 0 Å². The lowest BCUT2D eigenvalue weighted by atomic mass is 10.1. The molecule has 2 N–H and O–H groups in total. The van der Waals surface area contributed by atoms with Crippen LogP contribution in [0.15, 0.2) is 18.2 Å². The Morgan fingerprint density at radius 2 is 2.11 bits per heavy atom. The third kappa shape index (κ3) is 3.04. The number of anilines is 1. The number of likely N-dealkylation sites (N-methyl/N-ethyl adjacent to an activating group) is 1. The first-order valence-electron chi connectivity index (χ1n) is 6.60. The van der Waals surface area contributed by atoms with Gasteiger partial charge in [-0.1, -0.05) is 12.1 Å². The maximum Gasteiger partial charge on any atom is 0.242 e. The maximum atomic E-state index is 13.9. The predicted octanol–water partition coefficient (Wildman–Crippen LogP) is 1.34. The summed E-state index contributed by atoms with van der Waals surface area (Å²) in [5, 5.41) is 0. The zero-order chi connectivity index (χ0) is 13.8. The second-order valence-electron chi connectivity index (χ2n) is 4.90. The Kier molecular flexibility index (Phi) is 4.37. The second-order valence-corrected chi connectivity index (χ2v) is 4.90. The molecule has 5 heteroatoms. The smallest absolute Gasteiger partial charge is 0.242 e. The van der Waals surface area contributed by atoms with E-state index < -0.39 is 0 Å². The van der Waals surface area contributed by atoms with Crippen molar-refractivity contribution in [3.05, 3.63) is 29.6 Å². The van der Waals surface area contributed by atoms with E-state index in [1.54, 1.807) is 24.1 Å². The summed E-state index contributed by atoms with van der Waals surface area (Å²) in [6.45, 7) is 2.07. The molecule has 0 spiro atoms. The van der Waals surface area contributed by atoms with Gasteiger partial charge in [-0.2, -0.15) is 0 Å². The minimum Gasteiger partial charge on any atom is -0.363 e. The molecule has 0 aliphatic carbocycles. The first-order chi connectivity index (χ1) is 9.13. The number of nitrogens with two attached hydrogens (primary N) is 1. The normalized spacial score (nSPS) is 14.8. The third-order valence-electron chi connectivity index (χ3n) is 3.50. The molecule has 0 saturated carbocycles. The third-order valence-corrected chi connectivity index (χ3v) is 3.50. The van der Waals surface area contributed by atoms with Crippen molar-refractivity contribution in [1.29, 1.82) is 0 Å². The average Bonchev–Trinajstić information content (AvgIpc) is 2.92. The minimum absolute atomic E-state index is 0.0474. The number of benzene rings is 1. The van der Waals surface area contributed by atoms with Crippen molar-refractivity contribution in [1.82, 2.24) is 4.90 Å². The average molecular weight is 265 g/mol. The van der Waals surface area contributed by atoms with Crippen LogP contribution >= 0.6 is 0 Å². The second kappa shape index (κ2) is 6.02. The number of halogens is 1. The van der Waals surface area contributed by atoms with Gasteiger partial charge in [0.15, 0.2) is 0 Å². The highest BCUT2D eigenvalue weighted by Crippen LogP contribution is 2.23. The Bertz CT molecular complexity index is 458. The quantitative estimate of drug-likeness (QED) is 0.894. The van der Waals surface area contributed by atoms with Crippen molar-refractivity contribution < 1.29 is 9.18 Å². The van der Waals surface area contributed by atoms with E-state index in [0.717, 1.165) is 31.5 Å². The predicted molar refractivity (Wildman–Crippen MR) is 73.4 cm³/mol. The van der Waals surface area contributed by atoms with Crippen molar-refractivity contribution in [2.24, 2.45) is 5.73 Å². The van der Waals surface area contributed by atoms with Crippen molar-refractivity contribution >= 4 is 11.6 Å². The molecule has 0 unspecified atom stereocenters. The molecular weight excluding hydrogens is 245 g/mol. The number of carbonyl (C=O) groups is 1. The van der Waals surface area contributed by atoms with Gasteiger partial charge in [0.1, 0.15) is 5.82 Å². The first kappa shape index (κ1) is 13.8. The summed E-state index contributed by atoms with van der Waals surface area (Å²) in [5.41, 5.74) is 6.77. The molecule has 19 heavy (non-hydrogen) atoms. The van der Waals surface area contributed by atoms with Crippen LogP contribution in [-0.2, 0) is 11.3 Å². The summed E-state index contributed by atoms with van der Waals surface area (Å²) in [4.78, 5) is 15.6. The highest BCUT2D eigenvalue weighted by atomic mass is 19.1. The zero-order valence-electron chi connectivity index (χ0n) is 11.2. The number of carbonyl (C=O) groups excluding carboxylic acids is 1. The van der Waals surface area contributed by atoms with E-state index in [1.165, 1.54) is 6.07 Å². The fourth-order valence-electron chi connectivity index (χ4n) is 2.50. The highest BCUT2D eigenvalue weighted by Gasteiger charge is 2.21. The number of nitrogens with zero attached hydrogens (tertiary/aromatic N) is 2. The minimum atomic E-state index is -0.334. The maximum absolute atomic E-state index is 13.9. The van der Waals surface area contributed by atoms with Crippen LogP contribution in [0.3, 0.4) is 0 Å². The Morgan fingerprint density at radius 3 is 2.74 bits per heavy atom. The number of para-hydroxylation sites is 1. The summed E-state index contributed by atoms with van der Waals surface area (Å²) in [6, 6.07) is 4.82. The molecule has 1 aromatic carbocycles. The lowest BCUT2D eigenvalue weighted by molar-refractivity contribution is -0.128. The Balaban J connectivity index is 2.11. The molecule has 1 heterocycles. The van der Waals surface area contributed by atoms with E-state index in [4.69, 9.17) is 5.73 Å². The van der Waals surface area contributed by atoms with Crippen LogP contribution in [-0.4, -0.2) is 37.5 Å². The molecule has 1 fully saturated rings. The van der Waals surface area contributed by atoms with Gasteiger partial charge in [0.2, 0.25) is 5.91 Å². The Labute approximate surface area is 113 Å². The molecule has 2 rings (SSSR count). The van der Waals surface area contributed by atoms with E-state index in [-0.39, 0.29) is 24.8 Å². The van der Waals surface area contributed by atoms with Gasteiger partial charge in [-0.25, -0.2) is 4.39 Å². The van der Waals surface area contributed by atoms with Gasteiger partial charge in [-0.15, -0.1) is 0 Å². The highest BCUT2D eigenvalue weighted by molar-refractivity contribution is 5.82. The molecule has 1 aliphatic rings. The Morgan fingerprint density at radius 1 is 1.42 bits per heavy atom. The number of hydrogen-bond acceptors (Lipinski definition) is 3. The summed E-state index contributed by atoms with van der Waals surface area (Å²) in [7, 11) is 1.73. The lowest BCUT2D eigenvalue weighted by Crippen LogP contribution is -2.38. The van der Waals surface area contributed by atoms with Crippen LogP contribution in [0.1, 0.15) is 18.4 Å². The topological polar surface area (TPSA) is 49.6 Å². The summed E-state index contributed by atoms with van der Waals surface area (Å²) in [5.74, 6) is -0.286. The van der Waals surface area contributed by atoms with E-state index in [1.807, 2.05) is 4.90 Å². The number of amides is 1. The van der Waals surface area contributed by atoms with Crippen molar-refractivity contribution in [2.45, 2.75) is 19.4 Å². The number of likely N-dealkylation sites (tertiary alicyclic amines) is 1. The van der Waals surface area contributed by atoms with Crippen LogP contribution in [0.5, 0.6) is 0 Å². The molecule has 0 bridgehead atoms. The van der Waals surface area contributed by atoms with Crippen molar-refractivity contribution in [3.8, 4) is 0 Å². The Hall–Kier alpha value is -1.62. The van der Waals surface area contributed by atoms with Gasteiger partial charge in [0, 0.05) is 26.7 Å². The molecule has 0 radical (unpaired) electrons. The molecule has 104 valence electrons. The van der Waals surface area contributed by atoms with Crippen LogP contribution < -0.4 is 10.6 Å². The van der Waals surface area contributed by atoms with Gasteiger partial charge < -0.3 is 15.5 Å². The molecular formula is C14H20FN3O. The summed E-state index contributed by atoms with van der Waals surface area (Å²) < 4.78 is 13.9. The standard InChI is InChI=1S/C14H20FN3O/c1-17(10-13(19)18-7-2-3-8-18)14-11(9-16)5-4-6-12(14)15/h4-6H,2-3,7-10,16H2,1H3. The lowest BCUT2D eigenvalue weighted by Gasteiger charge is -2.25. The van der Waals surface area contributed by atoms with Gasteiger partial charge in [0.25, 0.3) is 0 Å². The van der Waals surface area contributed by atoms with Crippen LogP contribution in [0.25, 0.3) is 0 Å². The molecule has 1 amide bonds. The van der Waals surface area contributed by atoms with Gasteiger partial charge in [0.05, 0.1) is 12.2 Å². The number of rotatable bonds is 4. The fourth-order valence-corrected chi connectivity index (χ4v) is 2.50. The molecule has 1 aromatic rings. The summed E-state index contributed by atoms with van der Waals surface area (Å²) in [6.07, 6.45) is 2.12. The van der Waals surface area contributed by atoms with E-state index >= 15 is 0 Å². The summed E-state index contributed by atoms with van der Waals surface area (Å²) >= 11 is 0. The fraction of sp³-hybridized carbons (Fsp3) is 0.500. The van der Waals surface area contributed by atoms with Crippen LogP contribution in [0.2, 0.25) is 0 Å². The van der Waals surface area contributed by atoms with Gasteiger partial charge in [-0.3, -0.25) is 4.79 Å². The molecule has 4 nitrogen and oxygen atoms in total. The van der Waals surface area contributed by atoms with E-state index in [2.05, 4.69) is 0 Å². The number of hydrogen-bond donors (Lipinski definition) is 1. The van der Waals surface area contributed by atoms with E-state index in [9.17, 15) is 9.18 Å². The molecule has 1 aliphatic heterocycles. The first-order valence-corrected chi connectivity index (χ1v) is 6.60. The largest absolute Gasteiger partial charge is 0.363 e.